The highest BCUT2D eigenvalue weighted by atomic mass is 19.4. The van der Waals surface area contributed by atoms with Gasteiger partial charge in [0.2, 0.25) is 5.82 Å². The molecule has 0 aliphatic heterocycles. The predicted molar refractivity (Wildman–Crippen MR) is 65.9 cm³/mol. The molecule has 0 unspecified atom stereocenters. The minimum atomic E-state index is -4.68. The Morgan fingerprint density at radius 1 is 1.20 bits per heavy atom. The van der Waals surface area contributed by atoms with Crippen LogP contribution in [0, 0.1) is 11.3 Å². The van der Waals surface area contributed by atoms with Crippen molar-refractivity contribution in [3.8, 4) is 6.07 Å². The second-order valence-electron chi connectivity index (χ2n) is 3.82. The van der Waals surface area contributed by atoms with Crippen LogP contribution < -0.4 is 11.1 Å². The summed E-state index contributed by atoms with van der Waals surface area (Å²) in [7, 11) is 0. The molecule has 1 aromatic heterocycles. The number of nitrogens with two attached hydrogens (primary N) is 1. The third kappa shape index (κ3) is 3.14. The normalized spacial score (nSPS) is 10.9. The lowest BCUT2D eigenvalue weighted by molar-refractivity contribution is -0.144. The molecule has 3 N–H and O–H groups in total. The second kappa shape index (κ2) is 5.05. The van der Waals surface area contributed by atoms with E-state index in [0.29, 0.717) is 11.3 Å². The van der Waals surface area contributed by atoms with Gasteiger partial charge in [0.15, 0.2) is 0 Å². The summed E-state index contributed by atoms with van der Waals surface area (Å²) in [5.74, 6) is -1.72. The Morgan fingerprint density at radius 2 is 1.95 bits per heavy atom. The highest BCUT2D eigenvalue weighted by Gasteiger charge is 2.35. The summed E-state index contributed by atoms with van der Waals surface area (Å²) in [5, 5.41) is 11.4. The molecule has 5 nitrogen and oxygen atoms in total. The number of halogens is 3. The molecule has 0 saturated heterocycles. The molecular formula is C12H8F3N5. The molecule has 0 fully saturated rings. The first-order valence-electron chi connectivity index (χ1n) is 5.37. The number of anilines is 3. The highest BCUT2D eigenvalue weighted by molar-refractivity contribution is 5.60. The van der Waals surface area contributed by atoms with Crippen LogP contribution in [0.25, 0.3) is 0 Å². The molecule has 0 amide bonds. The Morgan fingerprint density at radius 3 is 2.60 bits per heavy atom. The molecule has 0 saturated carbocycles. The van der Waals surface area contributed by atoms with Crippen LogP contribution in [-0.4, -0.2) is 9.97 Å². The number of nitriles is 1. The summed E-state index contributed by atoms with van der Waals surface area (Å²) < 4.78 is 37.7. The van der Waals surface area contributed by atoms with Crippen LogP contribution in [-0.2, 0) is 6.18 Å². The summed E-state index contributed by atoms with van der Waals surface area (Å²) in [6, 6.07) is 9.33. The summed E-state index contributed by atoms with van der Waals surface area (Å²) in [6.45, 7) is 0. The lowest BCUT2D eigenvalue weighted by Crippen LogP contribution is -2.13. The van der Waals surface area contributed by atoms with Crippen LogP contribution in [0.4, 0.5) is 30.5 Å². The lowest BCUT2D eigenvalue weighted by Gasteiger charge is -2.10. The van der Waals surface area contributed by atoms with Crippen LogP contribution in [0.5, 0.6) is 0 Å². The summed E-state index contributed by atoms with van der Waals surface area (Å²) >= 11 is 0. The van der Waals surface area contributed by atoms with Crippen LogP contribution in [0.3, 0.4) is 0 Å². The molecule has 0 bridgehead atoms. The molecule has 1 heterocycles. The molecule has 20 heavy (non-hydrogen) atoms. The Hall–Kier alpha value is -2.82. The van der Waals surface area contributed by atoms with E-state index < -0.39 is 12.0 Å². The highest BCUT2D eigenvalue weighted by Crippen LogP contribution is 2.28. The number of hydrogen-bond acceptors (Lipinski definition) is 5. The number of nitrogens with one attached hydrogen (secondary N) is 1. The quantitative estimate of drug-likeness (QED) is 0.882. The van der Waals surface area contributed by atoms with E-state index in [2.05, 4.69) is 15.3 Å². The average molecular weight is 279 g/mol. The first kappa shape index (κ1) is 13.6. The van der Waals surface area contributed by atoms with E-state index in [1.807, 2.05) is 6.07 Å². The summed E-state index contributed by atoms with van der Waals surface area (Å²) in [5.41, 5.74) is 6.12. The zero-order valence-corrected chi connectivity index (χ0v) is 9.94. The third-order valence-corrected chi connectivity index (χ3v) is 2.26. The van der Waals surface area contributed by atoms with Gasteiger partial charge in [-0.05, 0) is 18.2 Å². The van der Waals surface area contributed by atoms with Gasteiger partial charge in [-0.1, -0.05) is 6.07 Å². The topological polar surface area (TPSA) is 87.6 Å². The van der Waals surface area contributed by atoms with Crippen molar-refractivity contribution in [2.75, 3.05) is 11.1 Å². The first-order valence-corrected chi connectivity index (χ1v) is 5.37. The van der Waals surface area contributed by atoms with E-state index in [0.717, 1.165) is 0 Å². The zero-order valence-electron chi connectivity index (χ0n) is 9.94. The molecule has 2 rings (SSSR count). The van der Waals surface area contributed by atoms with Crippen molar-refractivity contribution >= 4 is 17.3 Å². The number of nitrogens with zero attached hydrogens (tertiary/aromatic N) is 3. The zero-order chi connectivity index (χ0) is 14.8. The molecule has 0 aliphatic rings. The Bertz CT molecular complexity index is 676. The maximum absolute atomic E-state index is 12.6. The third-order valence-electron chi connectivity index (χ3n) is 2.26. The van der Waals surface area contributed by atoms with Crippen molar-refractivity contribution in [1.29, 1.82) is 5.26 Å². The SMILES string of the molecule is N#Cc1cccc(Nc2cc(N)nc(C(F)(F)F)n2)c1. The van der Waals surface area contributed by atoms with Crippen molar-refractivity contribution < 1.29 is 13.2 Å². The van der Waals surface area contributed by atoms with Gasteiger partial charge in [-0.15, -0.1) is 0 Å². The van der Waals surface area contributed by atoms with Crippen LogP contribution in [0.15, 0.2) is 30.3 Å². The van der Waals surface area contributed by atoms with E-state index >= 15 is 0 Å². The van der Waals surface area contributed by atoms with Crippen molar-refractivity contribution in [2.24, 2.45) is 0 Å². The smallest absolute Gasteiger partial charge is 0.384 e. The molecule has 0 radical (unpaired) electrons. The Labute approximate surface area is 111 Å². The molecule has 8 heteroatoms. The summed E-state index contributed by atoms with van der Waals surface area (Å²) in [6.07, 6.45) is -4.68. The van der Waals surface area contributed by atoms with Gasteiger partial charge in [-0.3, -0.25) is 0 Å². The van der Waals surface area contributed by atoms with Crippen LogP contribution in [0.2, 0.25) is 0 Å². The molecule has 0 aliphatic carbocycles. The second-order valence-corrected chi connectivity index (χ2v) is 3.82. The minimum Gasteiger partial charge on any atom is -0.384 e. The van der Waals surface area contributed by atoms with Crippen molar-refractivity contribution in [3.05, 3.63) is 41.7 Å². The van der Waals surface area contributed by atoms with E-state index in [-0.39, 0.29) is 11.6 Å². The van der Waals surface area contributed by atoms with Gasteiger partial charge in [0.25, 0.3) is 0 Å². The maximum atomic E-state index is 12.6. The number of benzene rings is 1. The van der Waals surface area contributed by atoms with Crippen LogP contribution in [0.1, 0.15) is 11.4 Å². The van der Waals surface area contributed by atoms with Gasteiger partial charge < -0.3 is 11.1 Å². The van der Waals surface area contributed by atoms with Crippen molar-refractivity contribution in [1.82, 2.24) is 9.97 Å². The van der Waals surface area contributed by atoms with E-state index in [4.69, 9.17) is 11.0 Å². The van der Waals surface area contributed by atoms with E-state index in [9.17, 15) is 13.2 Å². The predicted octanol–water partition coefficient (Wildman–Crippen LogP) is 2.69. The summed E-state index contributed by atoms with van der Waals surface area (Å²) in [4.78, 5) is 6.48. The fraction of sp³-hybridized carbons (Fsp3) is 0.0833. The number of alkyl halides is 3. The molecule has 2 aromatic rings. The lowest BCUT2D eigenvalue weighted by atomic mass is 10.2. The maximum Gasteiger partial charge on any atom is 0.451 e. The number of aromatic nitrogens is 2. The van der Waals surface area contributed by atoms with Gasteiger partial charge in [-0.25, -0.2) is 9.97 Å². The van der Waals surface area contributed by atoms with Crippen LogP contribution >= 0.6 is 0 Å². The number of rotatable bonds is 2. The van der Waals surface area contributed by atoms with Crippen molar-refractivity contribution in [2.45, 2.75) is 6.18 Å². The fourth-order valence-electron chi connectivity index (χ4n) is 1.47. The van der Waals surface area contributed by atoms with Gasteiger partial charge in [-0.2, -0.15) is 18.4 Å². The monoisotopic (exact) mass is 279 g/mol. The first-order chi connectivity index (χ1) is 9.38. The minimum absolute atomic E-state index is 0.0973. The molecule has 0 atom stereocenters. The van der Waals surface area contributed by atoms with Gasteiger partial charge in [0.1, 0.15) is 11.6 Å². The van der Waals surface area contributed by atoms with E-state index in [1.165, 1.54) is 12.1 Å². The molecule has 0 spiro atoms. The molecule has 1 aromatic carbocycles. The fourth-order valence-corrected chi connectivity index (χ4v) is 1.47. The number of nitrogen functional groups attached to an aromatic ring is 1. The Balaban J connectivity index is 2.34. The Kier molecular flexibility index (Phi) is 3.43. The van der Waals surface area contributed by atoms with Gasteiger partial charge in [0, 0.05) is 11.8 Å². The average Bonchev–Trinajstić information content (AvgIpc) is 2.37. The van der Waals surface area contributed by atoms with E-state index in [1.54, 1.807) is 18.2 Å². The van der Waals surface area contributed by atoms with Gasteiger partial charge in [0.05, 0.1) is 11.6 Å². The number of hydrogen-bond donors (Lipinski definition) is 2. The standard InChI is InChI=1S/C12H8F3N5/c13-12(14,15)11-19-9(17)5-10(20-11)18-8-3-1-2-7(4-8)6-16/h1-5H,(H3,17,18,19,20). The molecule has 102 valence electrons. The van der Waals surface area contributed by atoms with Crippen molar-refractivity contribution in [3.63, 3.8) is 0 Å². The largest absolute Gasteiger partial charge is 0.451 e. The van der Waals surface area contributed by atoms with Gasteiger partial charge >= 0.3 is 6.18 Å². The molecular weight excluding hydrogens is 271 g/mol.